The summed E-state index contributed by atoms with van der Waals surface area (Å²) in [7, 11) is 2.81. The molecule has 19 heavy (non-hydrogen) atoms. The lowest BCUT2D eigenvalue weighted by Crippen LogP contribution is -2.22. The Kier molecular flexibility index (Phi) is 4.83. The average Bonchev–Trinajstić information content (AvgIpc) is 2.36. The van der Waals surface area contributed by atoms with Crippen molar-refractivity contribution in [3.63, 3.8) is 0 Å². The molecule has 104 valence electrons. The Morgan fingerprint density at radius 3 is 2.26 bits per heavy atom. The highest BCUT2D eigenvalue weighted by Gasteiger charge is 2.40. The minimum Gasteiger partial charge on any atom is -0.493 e. The van der Waals surface area contributed by atoms with Gasteiger partial charge in [0.05, 0.1) is 19.3 Å². The zero-order valence-corrected chi connectivity index (χ0v) is 10.8. The van der Waals surface area contributed by atoms with Gasteiger partial charge in [0.2, 0.25) is 0 Å². The minimum atomic E-state index is -5.00. The number of hydrogen-bond acceptors (Lipinski definition) is 3. The number of rotatable bonds is 4. The van der Waals surface area contributed by atoms with Crippen LogP contribution in [-0.4, -0.2) is 26.2 Å². The topological polar surface area (TPSA) is 35.5 Å². The predicted molar refractivity (Wildman–Crippen MR) is 64.4 cm³/mol. The summed E-state index contributed by atoms with van der Waals surface area (Å²) >= 11 is 5.34. The van der Waals surface area contributed by atoms with Crippen LogP contribution in [0.3, 0.4) is 0 Å². The van der Waals surface area contributed by atoms with Crippen LogP contribution in [0.2, 0.25) is 0 Å². The molecule has 0 aliphatic heterocycles. The monoisotopic (exact) mass is 294 g/mol. The quantitative estimate of drug-likeness (QED) is 0.798. The van der Waals surface area contributed by atoms with Crippen LogP contribution >= 0.6 is 11.6 Å². The Morgan fingerprint density at radius 2 is 1.79 bits per heavy atom. The summed E-state index contributed by atoms with van der Waals surface area (Å²) in [6.07, 6.45) is -4.08. The summed E-state index contributed by atoms with van der Waals surface area (Å²) in [5, 5.41) is -0.917. The first-order valence-electron chi connectivity index (χ1n) is 5.00. The molecule has 0 atom stereocenters. The second kappa shape index (κ2) is 5.97. The first kappa shape index (κ1) is 15.4. The van der Waals surface area contributed by atoms with Crippen molar-refractivity contribution in [2.45, 2.75) is 6.18 Å². The van der Waals surface area contributed by atoms with Gasteiger partial charge in [0.1, 0.15) is 0 Å². The number of allylic oxidation sites excluding steroid dienone is 1. The van der Waals surface area contributed by atoms with Crippen molar-refractivity contribution in [3.05, 3.63) is 28.8 Å². The molecule has 0 amide bonds. The normalized spacial score (nSPS) is 12.2. The van der Waals surface area contributed by atoms with Gasteiger partial charge < -0.3 is 9.47 Å². The van der Waals surface area contributed by atoms with E-state index in [2.05, 4.69) is 0 Å². The SMILES string of the molecule is COc1ccc(C=C(Cl)C(=O)C(F)(F)F)cc1OC. The largest absolute Gasteiger partial charge is 0.493 e. The van der Waals surface area contributed by atoms with E-state index in [9.17, 15) is 18.0 Å². The summed E-state index contributed by atoms with van der Waals surface area (Å²) in [5.74, 6) is -1.36. The minimum absolute atomic E-state index is 0.292. The molecule has 0 aliphatic carbocycles. The van der Waals surface area contributed by atoms with E-state index in [1.54, 1.807) is 0 Å². The number of ketones is 1. The van der Waals surface area contributed by atoms with Crippen LogP contribution in [0.15, 0.2) is 23.2 Å². The number of Topliss-reactive ketones (excluding diaryl/α,β-unsaturated/α-hetero) is 1. The average molecular weight is 295 g/mol. The Hall–Kier alpha value is -1.69. The number of hydrogen-bond donors (Lipinski definition) is 0. The van der Waals surface area contributed by atoms with Crippen LogP contribution < -0.4 is 9.47 Å². The molecule has 0 N–H and O–H groups in total. The van der Waals surface area contributed by atoms with E-state index in [0.29, 0.717) is 17.1 Å². The molecular formula is C12H10ClF3O3. The molecule has 0 heterocycles. The lowest BCUT2D eigenvalue weighted by atomic mass is 10.1. The number of halogens is 4. The smallest absolute Gasteiger partial charge is 0.455 e. The summed E-state index contributed by atoms with van der Waals surface area (Å²) in [6.45, 7) is 0. The van der Waals surface area contributed by atoms with Gasteiger partial charge in [-0.2, -0.15) is 13.2 Å². The van der Waals surface area contributed by atoms with Crippen molar-refractivity contribution in [2.75, 3.05) is 14.2 Å². The molecule has 0 spiro atoms. The van der Waals surface area contributed by atoms with Crippen LogP contribution in [0.5, 0.6) is 11.5 Å². The van der Waals surface area contributed by atoms with Gasteiger partial charge >= 0.3 is 6.18 Å². The number of ether oxygens (including phenoxy) is 2. The molecular weight excluding hydrogens is 285 g/mol. The fraction of sp³-hybridized carbons (Fsp3) is 0.250. The highest BCUT2D eigenvalue weighted by atomic mass is 35.5. The second-order valence-corrected chi connectivity index (χ2v) is 3.84. The highest BCUT2D eigenvalue weighted by molar-refractivity contribution is 6.45. The van der Waals surface area contributed by atoms with Gasteiger partial charge in [-0.25, -0.2) is 0 Å². The Labute approximate surface area is 112 Å². The first-order chi connectivity index (χ1) is 8.79. The van der Waals surface area contributed by atoms with E-state index in [4.69, 9.17) is 21.1 Å². The maximum Gasteiger partial charge on any atom is 0.455 e. The van der Waals surface area contributed by atoms with Crippen molar-refractivity contribution in [1.82, 2.24) is 0 Å². The molecule has 0 aliphatic rings. The first-order valence-corrected chi connectivity index (χ1v) is 5.38. The Morgan fingerprint density at radius 1 is 1.21 bits per heavy atom. The molecule has 0 saturated heterocycles. The van der Waals surface area contributed by atoms with E-state index < -0.39 is 17.0 Å². The lowest BCUT2D eigenvalue weighted by Gasteiger charge is -2.08. The molecule has 0 aromatic heterocycles. The molecule has 7 heteroatoms. The van der Waals surface area contributed by atoms with E-state index in [-0.39, 0.29) is 0 Å². The summed E-state index contributed by atoms with van der Waals surface area (Å²) in [4.78, 5) is 10.9. The second-order valence-electron chi connectivity index (χ2n) is 3.43. The maximum atomic E-state index is 12.1. The molecule has 3 nitrogen and oxygen atoms in total. The van der Waals surface area contributed by atoms with Gasteiger partial charge in [-0.1, -0.05) is 17.7 Å². The van der Waals surface area contributed by atoms with Gasteiger partial charge in [0, 0.05) is 0 Å². The summed E-state index contributed by atoms with van der Waals surface area (Å²) < 4.78 is 46.4. The van der Waals surface area contributed by atoms with Crippen molar-refractivity contribution in [1.29, 1.82) is 0 Å². The van der Waals surface area contributed by atoms with E-state index >= 15 is 0 Å². The summed E-state index contributed by atoms with van der Waals surface area (Å²) in [5.41, 5.74) is 0.292. The van der Waals surface area contributed by atoms with Crippen molar-refractivity contribution in [2.24, 2.45) is 0 Å². The number of carbonyl (C=O) groups excluding carboxylic acids is 1. The van der Waals surface area contributed by atoms with Crippen LogP contribution in [0, 0.1) is 0 Å². The fourth-order valence-electron chi connectivity index (χ4n) is 1.29. The third-order valence-electron chi connectivity index (χ3n) is 2.18. The third kappa shape index (κ3) is 3.89. The van der Waals surface area contributed by atoms with E-state index in [0.717, 1.165) is 6.08 Å². The zero-order valence-electron chi connectivity index (χ0n) is 10.0. The van der Waals surface area contributed by atoms with Gasteiger partial charge in [0.25, 0.3) is 5.78 Å². The molecule has 0 fully saturated rings. The third-order valence-corrected chi connectivity index (χ3v) is 2.46. The van der Waals surface area contributed by atoms with Crippen molar-refractivity contribution in [3.8, 4) is 11.5 Å². The molecule has 1 rings (SSSR count). The van der Waals surface area contributed by atoms with Gasteiger partial charge in [-0.05, 0) is 23.8 Å². The molecule has 0 saturated carbocycles. The molecule has 1 aromatic rings. The van der Waals surface area contributed by atoms with Gasteiger partial charge in [0.15, 0.2) is 11.5 Å². The van der Waals surface area contributed by atoms with Crippen LogP contribution in [0.4, 0.5) is 13.2 Å². The summed E-state index contributed by atoms with van der Waals surface area (Å²) in [6, 6.07) is 4.35. The highest BCUT2D eigenvalue weighted by Crippen LogP contribution is 2.30. The Balaban J connectivity index is 3.08. The predicted octanol–water partition coefficient (Wildman–Crippen LogP) is 3.41. The van der Waals surface area contributed by atoms with Crippen LogP contribution in [-0.2, 0) is 4.79 Å². The zero-order chi connectivity index (χ0) is 14.6. The fourth-order valence-corrected chi connectivity index (χ4v) is 1.52. The standard InChI is InChI=1S/C12H10ClF3O3/c1-18-9-4-3-7(6-10(9)19-2)5-8(13)11(17)12(14,15)16/h3-6H,1-2H3. The van der Waals surface area contributed by atoms with Crippen molar-refractivity contribution < 1.29 is 27.4 Å². The van der Waals surface area contributed by atoms with Gasteiger partial charge in [-0.15, -0.1) is 0 Å². The van der Waals surface area contributed by atoms with Crippen LogP contribution in [0.25, 0.3) is 6.08 Å². The lowest BCUT2D eigenvalue weighted by molar-refractivity contribution is -0.165. The molecule has 0 radical (unpaired) electrons. The number of alkyl halides is 3. The number of benzene rings is 1. The maximum absolute atomic E-state index is 12.1. The van der Waals surface area contributed by atoms with Crippen molar-refractivity contribution >= 4 is 23.5 Å². The number of methoxy groups -OCH3 is 2. The van der Waals surface area contributed by atoms with Gasteiger partial charge in [-0.3, -0.25) is 4.79 Å². The van der Waals surface area contributed by atoms with Crippen LogP contribution in [0.1, 0.15) is 5.56 Å². The molecule has 0 bridgehead atoms. The van der Waals surface area contributed by atoms with E-state index in [1.807, 2.05) is 0 Å². The van der Waals surface area contributed by atoms with E-state index in [1.165, 1.54) is 32.4 Å². The molecule has 1 aromatic carbocycles. The number of carbonyl (C=O) groups is 1. The Bertz CT molecular complexity index is 509. The molecule has 0 unspecified atom stereocenters.